The Morgan fingerprint density at radius 2 is 1.60 bits per heavy atom. The van der Waals surface area contributed by atoms with Crippen molar-refractivity contribution in [3.8, 4) is 0 Å². The van der Waals surface area contributed by atoms with Gasteiger partial charge >= 0.3 is 21.7 Å². The van der Waals surface area contributed by atoms with Crippen LogP contribution < -0.4 is 5.32 Å². The van der Waals surface area contributed by atoms with Gasteiger partial charge in [0.1, 0.15) is 0 Å². The topological polar surface area (TPSA) is 12.0 Å². The monoisotopic (exact) mass is 154 g/mol. The lowest BCUT2D eigenvalue weighted by molar-refractivity contribution is 0.762. The molecule has 0 aromatic carbocycles. The predicted octanol–water partition coefficient (Wildman–Crippen LogP) is 1.99. The van der Waals surface area contributed by atoms with Crippen LogP contribution in [-0.2, 0) is 0 Å². The number of hydrogen-bond donors (Lipinski definition) is 1. The summed E-state index contributed by atoms with van der Waals surface area (Å²) < 4.78 is 1.37. The fraction of sp³-hybridized carbons (Fsp3) is 1.00. The molecule has 0 aliphatic rings. The highest BCUT2D eigenvalue weighted by Crippen LogP contribution is 1.86. The number of rotatable bonds is 4. The fourth-order valence-corrected chi connectivity index (χ4v) is 1.000. The number of nitrogens with one attached hydrogen (secondary N) is 1. The largest absolute Gasteiger partial charge is 1.41 e. The summed E-state index contributed by atoms with van der Waals surface area (Å²) >= 11 is 2.05. The summed E-state index contributed by atoms with van der Waals surface area (Å²) in [5.74, 6) is 0. The van der Waals surface area contributed by atoms with E-state index in [0.29, 0.717) is 0 Å². The normalized spacial score (nSPS) is 8.40. The molecule has 0 aliphatic heterocycles. The van der Waals surface area contributed by atoms with Crippen LogP contribution in [0.1, 0.15) is 33.6 Å². The number of hydrogen-bond acceptors (Lipinski definition) is 1. The molecule has 57 valence electrons. The van der Waals surface area contributed by atoms with Gasteiger partial charge in [-0.2, -0.15) is 0 Å². The van der Waals surface area contributed by atoms with Crippen LogP contribution in [-0.4, -0.2) is 34.8 Å². The third kappa shape index (κ3) is 23.3. The minimum atomic E-state index is 1.09. The van der Waals surface area contributed by atoms with E-state index in [4.69, 9.17) is 0 Å². The second-order valence-corrected chi connectivity index (χ2v) is 2.87. The van der Waals surface area contributed by atoms with Crippen molar-refractivity contribution in [3.63, 3.8) is 0 Å². The molecule has 0 bridgehead atoms. The van der Waals surface area contributed by atoms with Crippen molar-refractivity contribution >= 4 is 21.7 Å². The first-order valence-corrected chi connectivity index (χ1v) is 5.33. The lowest BCUT2D eigenvalue weighted by Gasteiger charge is -1.86. The summed E-state index contributed by atoms with van der Waals surface area (Å²) in [6, 6.07) is 0. The van der Waals surface area contributed by atoms with E-state index in [1.54, 1.807) is 0 Å². The SMILES string of the molecule is CCC[CH2][Mg+2].CCNCC. The van der Waals surface area contributed by atoms with Gasteiger partial charge in [-0.1, -0.05) is 20.8 Å². The Bertz CT molecular complexity index is 30.2. The van der Waals surface area contributed by atoms with Gasteiger partial charge in [0.05, 0.1) is 0 Å². The average Bonchev–Trinajstić information content (AvgIpc) is 1.93. The van der Waals surface area contributed by atoms with Gasteiger partial charge in [0.25, 0.3) is 4.55 Å². The second-order valence-electron chi connectivity index (χ2n) is 2.16. The Morgan fingerprint density at radius 3 is 1.60 bits per heavy atom. The van der Waals surface area contributed by atoms with Crippen LogP contribution >= 0.6 is 0 Å². The molecule has 10 heavy (non-hydrogen) atoms. The molecule has 1 nitrogen and oxygen atoms in total. The summed E-state index contributed by atoms with van der Waals surface area (Å²) in [4.78, 5) is 0. The van der Waals surface area contributed by atoms with Gasteiger partial charge in [-0.25, -0.2) is 0 Å². The maximum atomic E-state index is 3.11. The van der Waals surface area contributed by atoms with Gasteiger partial charge in [-0.15, -0.1) is 0 Å². The van der Waals surface area contributed by atoms with Gasteiger partial charge in [-0.3, -0.25) is 0 Å². The van der Waals surface area contributed by atoms with Crippen molar-refractivity contribution in [1.29, 1.82) is 0 Å². The van der Waals surface area contributed by atoms with Gasteiger partial charge in [0.15, 0.2) is 0 Å². The summed E-state index contributed by atoms with van der Waals surface area (Å²) in [7, 11) is 0. The van der Waals surface area contributed by atoms with Crippen molar-refractivity contribution in [2.75, 3.05) is 13.1 Å². The molecule has 0 spiro atoms. The Labute approximate surface area is 78.4 Å². The smallest absolute Gasteiger partial charge is 0.317 e. The molecule has 0 aromatic heterocycles. The minimum Gasteiger partial charge on any atom is -0.317 e. The molecule has 2 heteroatoms. The molecule has 0 saturated heterocycles. The van der Waals surface area contributed by atoms with Gasteiger partial charge in [-0.05, 0) is 19.5 Å². The molecular weight excluding hydrogens is 134 g/mol. The molecule has 0 fully saturated rings. The molecule has 7 radical (unpaired) electrons. The van der Waals surface area contributed by atoms with Crippen molar-refractivity contribution < 1.29 is 0 Å². The fourth-order valence-electron chi connectivity index (χ4n) is 0.500. The summed E-state index contributed by atoms with van der Waals surface area (Å²) in [6.07, 6.45) is 2.75. The van der Waals surface area contributed by atoms with Gasteiger partial charge < -0.3 is 5.32 Å². The van der Waals surface area contributed by atoms with E-state index < -0.39 is 0 Å². The van der Waals surface area contributed by atoms with Gasteiger partial charge in [0.2, 0.25) is 0 Å². The van der Waals surface area contributed by atoms with E-state index in [-0.39, 0.29) is 0 Å². The second kappa shape index (κ2) is 16.4. The zero-order valence-electron chi connectivity index (χ0n) is 7.74. The summed E-state index contributed by atoms with van der Waals surface area (Å²) in [5, 5.41) is 3.11. The summed E-state index contributed by atoms with van der Waals surface area (Å²) in [5.41, 5.74) is 0. The van der Waals surface area contributed by atoms with E-state index in [2.05, 4.69) is 26.1 Å². The summed E-state index contributed by atoms with van der Waals surface area (Å²) in [6.45, 7) is 8.61. The van der Waals surface area contributed by atoms with Crippen LogP contribution in [0.25, 0.3) is 0 Å². The molecular formula is C8H20MgN+2. The van der Waals surface area contributed by atoms with Crippen molar-refractivity contribution in [2.24, 2.45) is 0 Å². The Hall–Kier alpha value is 0.726. The lowest BCUT2D eigenvalue weighted by atomic mass is 10.4. The quantitative estimate of drug-likeness (QED) is 0.611. The molecule has 0 rings (SSSR count). The van der Waals surface area contributed by atoms with E-state index in [0.717, 1.165) is 13.1 Å². The zero-order chi connectivity index (χ0) is 8.24. The first-order chi connectivity index (χ1) is 4.83. The molecule has 0 atom stereocenters. The highest BCUT2D eigenvalue weighted by Gasteiger charge is 2.19. The highest BCUT2D eigenvalue weighted by molar-refractivity contribution is 6.08. The molecule has 0 aliphatic carbocycles. The molecule has 0 saturated carbocycles. The Morgan fingerprint density at radius 1 is 1.10 bits per heavy atom. The van der Waals surface area contributed by atoms with Crippen LogP contribution in [0.3, 0.4) is 0 Å². The molecule has 1 N–H and O–H groups in total. The predicted molar refractivity (Wildman–Crippen MR) is 49.7 cm³/mol. The van der Waals surface area contributed by atoms with Crippen molar-refractivity contribution in [3.05, 3.63) is 0 Å². The minimum absolute atomic E-state index is 1.09. The average molecular weight is 155 g/mol. The van der Waals surface area contributed by atoms with Crippen LogP contribution in [0.2, 0.25) is 4.55 Å². The van der Waals surface area contributed by atoms with E-state index >= 15 is 0 Å². The Kier molecular flexibility index (Phi) is 21.8. The third-order valence-electron chi connectivity index (χ3n) is 1.10. The lowest BCUT2D eigenvalue weighted by Crippen LogP contribution is -2.09. The van der Waals surface area contributed by atoms with Crippen molar-refractivity contribution in [1.82, 2.24) is 5.32 Å². The highest BCUT2D eigenvalue weighted by atomic mass is 24.4. The molecule has 0 amide bonds. The van der Waals surface area contributed by atoms with Crippen molar-refractivity contribution in [2.45, 2.75) is 38.2 Å². The Balaban J connectivity index is 0. The standard InChI is InChI=1S/C4H11N.C4H9.Mg/c1-3-5-4-2;1-3-4-2;/h5H,3-4H2,1-2H3;1,3-4H2,2H3;/q;;+2. The maximum absolute atomic E-state index is 3.11. The van der Waals surface area contributed by atoms with E-state index in [9.17, 15) is 0 Å². The molecule has 0 aromatic rings. The van der Waals surface area contributed by atoms with E-state index in [1.807, 2.05) is 21.7 Å². The van der Waals surface area contributed by atoms with Crippen LogP contribution in [0.15, 0.2) is 0 Å². The third-order valence-corrected chi connectivity index (χ3v) is 1.60. The first-order valence-electron chi connectivity index (χ1n) is 4.33. The van der Waals surface area contributed by atoms with Crippen LogP contribution in [0.4, 0.5) is 0 Å². The first kappa shape index (κ1) is 13.3. The molecule has 0 unspecified atom stereocenters. The zero-order valence-corrected chi connectivity index (χ0v) is 9.16. The van der Waals surface area contributed by atoms with Crippen LogP contribution in [0.5, 0.6) is 0 Å². The van der Waals surface area contributed by atoms with Gasteiger partial charge in [0, 0.05) is 6.42 Å². The van der Waals surface area contributed by atoms with Crippen LogP contribution in [0, 0.1) is 0 Å². The van der Waals surface area contributed by atoms with E-state index in [1.165, 1.54) is 17.4 Å². The number of unbranched alkanes of at least 4 members (excludes halogenated alkanes) is 1. The molecule has 0 heterocycles. The maximum Gasteiger partial charge on any atom is 1.41 e.